The van der Waals surface area contributed by atoms with Gasteiger partial charge in [-0.05, 0) is 16.7 Å². The van der Waals surface area contributed by atoms with E-state index in [1.54, 1.807) is 7.05 Å². The van der Waals surface area contributed by atoms with Gasteiger partial charge in [-0.1, -0.05) is 61.5 Å². The highest BCUT2D eigenvalue weighted by atomic mass is 16.3. The van der Waals surface area contributed by atoms with Crippen molar-refractivity contribution in [3.05, 3.63) is 71.3 Å². The number of hydrogen-bond acceptors (Lipinski definition) is 3. The number of rotatable bonds is 7. The minimum atomic E-state index is -0.581. The van der Waals surface area contributed by atoms with Crippen LogP contribution in [0.2, 0.25) is 0 Å². The number of likely N-dealkylation sites (N-methyl/N-ethyl adjacent to an activating group) is 1. The number of carbonyl (C=O) groups is 1. The smallest absolute Gasteiger partial charge is 0.239 e. The first-order valence-electron chi connectivity index (χ1n) is 7.85. The molecule has 0 spiro atoms. The number of aliphatic hydroxyl groups excluding tert-OH is 1. The summed E-state index contributed by atoms with van der Waals surface area (Å²) < 4.78 is 0. The van der Waals surface area contributed by atoms with Crippen molar-refractivity contribution in [1.82, 2.24) is 10.6 Å². The highest BCUT2D eigenvalue weighted by Crippen LogP contribution is 2.23. The van der Waals surface area contributed by atoms with Gasteiger partial charge >= 0.3 is 0 Å². The predicted molar refractivity (Wildman–Crippen MR) is 92.2 cm³/mol. The monoisotopic (exact) mass is 312 g/mol. The van der Waals surface area contributed by atoms with Crippen LogP contribution in [0.1, 0.15) is 29.5 Å². The van der Waals surface area contributed by atoms with Gasteiger partial charge in [-0.25, -0.2) is 0 Å². The molecule has 2 atom stereocenters. The summed E-state index contributed by atoms with van der Waals surface area (Å²) in [5.74, 6) is 0.135. The van der Waals surface area contributed by atoms with Crippen LogP contribution in [0, 0.1) is 0 Å². The molecule has 0 saturated heterocycles. The van der Waals surface area contributed by atoms with Gasteiger partial charge in [0.1, 0.15) is 6.04 Å². The highest BCUT2D eigenvalue weighted by molar-refractivity contribution is 5.81. The van der Waals surface area contributed by atoms with Crippen LogP contribution in [0.25, 0.3) is 0 Å². The Labute approximate surface area is 137 Å². The van der Waals surface area contributed by atoms with Crippen LogP contribution >= 0.6 is 0 Å². The van der Waals surface area contributed by atoms with Crippen molar-refractivity contribution >= 4 is 5.91 Å². The number of carbonyl (C=O) groups excluding carboxylic acids is 1. The molecule has 0 aliphatic heterocycles. The lowest BCUT2D eigenvalue weighted by molar-refractivity contribution is -0.123. The summed E-state index contributed by atoms with van der Waals surface area (Å²) in [4.78, 5) is 11.5. The fourth-order valence-electron chi connectivity index (χ4n) is 2.51. The predicted octanol–water partition coefficient (Wildman–Crippen LogP) is 2.03. The van der Waals surface area contributed by atoms with E-state index in [1.165, 1.54) is 11.1 Å². The molecule has 0 aliphatic carbocycles. The lowest BCUT2D eigenvalue weighted by Crippen LogP contribution is -2.44. The van der Waals surface area contributed by atoms with Gasteiger partial charge in [0.25, 0.3) is 0 Å². The lowest BCUT2D eigenvalue weighted by atomic mass is 9.92. The summed E-state index contributed by atoms with van der Waals surface area (Å²) >= 11 is 0. The van der Waals surface area contributed by atoms with E-state index < -0.39 is 6.04 Å². The molecular formula is C19H24N2O2. The molecule has 2 aromatic carbocycles. The van der Waals surface area contributed by atoms with E-state index in [4.69, 9.17) is 0 Å². The van der Waals surface area contributed by atoms with Gasteiger partial charge in [-0.2, -0.15) is 0 Å². The molecular weight excluding hydrogens is 288 g/mol. The SMILES string of the molecule is CNC(=O)C(CO)NCc1ccc(C(C)c2ccccc2)cc1. The van der Waals surface area contributed by atoms with Crippen LogP contribution in [-0.4, -0.2) is 30.7 Å². The van der Waals surface area contributed by atoms with E-state index in [-0.39, 0.29) is 12.5 Å². The van der Waals surface area contributed by atoms with Gasteiger partial charge in [-0.3, -0.25) is 10.1 Å². The van der Waals surface area contributed by atoms with Gasteiger partial charge < -0.3 is 10.4 Å². The van der Waals surface area contributed by atoms with Crippen molar-refractivity contribution in [2.45, 2.75) is 25.4 Å². The Morgan fingerprint density at radius 1 is 1.04 bits per heavy atom. The average Bonchev–Trinajstić information content (AvgIpc) is 2.62. The second-order valence-electron chi connectivity index (χ2n) is 5.60. The van der Waals surface area contributed by atoms with E-state index in [1.807, 2.05) is 6.07 Å². The topological polar surface area (TPSA) is 61.4 Å². The Kier molecular flexibility index (Phi) is 6.32. The molecule has 2 rings (SSSR count). The molecule has 0 fully saturated rings. The van der Waals surface area contributed by atoms with Gasteiger partial charge in [0.05, 0.1) is 6.61 Å². The average molecular weight is 312 g/mol. The van der Waals surface area contributed by atoms with Crippen molar-refractivity contribution in [2.75, 3.05) is 13.7 Å². The fourth-order valence-corrected chi connectivity index (χ4v) is 2.51. The number of amides is 1. The van der Waals surface area contributed by atoms with Crippen LogP contribution < -0.4 is 10.6 Å². The molecule has 23 heavy (non-hydrogen) atoms. The number of hydrogen-bond donors (Lipinski definition) is 3. The van der Waals surface area contributed by atoms with Crippen molar-refractivity contribution in [3.8, 4) is 0 Å². The Hall–Kier alpha value is -2.17. The summed E-state index contributed by atoms with van der Waals surface area (Å²) in [5.41, 5.74) is 3.62. The molecule has 3 N–H and O–H groups in total. The van der Waals surface area contributed by atoms with E-state index in [0.29, 0.717) is 12.5 Å². The molecule has 122 valence electrons. The van der Waals surface area contributed by atoms with E-state index in [0.717, 1.165) is 5.56 Å². The van der Waals surface area contributed by atoms with Crippen LogP contribution in [-0.2, 0) is 11.3 Å². The maximum atomic E-state index is 11.5. The standard InChI is InChI=1S/C19H24N2O2/c1-14(16-6-4-3-5-7-16)17-10-8-15(9-11-17)12-21-18(13-22)19(23)20-2/h3-11,14,18,21-22H,12-13H2,1-2H3,(H,20,23). The maximum Gasteiger partial charge on any atom is 0.239 e. The van der Waals surface area contributed by atoms with Crippen LogP contribution in [0.5, 0.6) is 0 Å². The molecule has 0 saturated carbocycles. The van der Waals surface area contributed by atoms with Crippen molar-refractivity contribution in [1.29, 1.82) is 0 Å². The second-order valence-corrected chi connectivity index (χ2v) is 5.60. The number of benzene rings is 2. The van der Waals surface area contributed by atoms with Crippen LogP contribution in [0.15, 0.2) is 54.6 Å². The zero-order valence-corrected chi connectivity index (χ0v) is 13.6. The Morgan fingerprint density at radius 3 is 2.22 bits per heavy atom. The molecule has 0 heterocycles. The minimum Gasteiger partial charge on any atom is -0.394 e. The first-order chi connectivity index (χ1) is 11.2. The third-order valence-electron chi connectivity index (χ3n) is 4.08. The lowest BCUT2D eigenvalue weighted by Gasteiger charge is -2.16. The first kappa shape index (κ1) is 17.2. The molecule has 0 bridgehead atoms. The third-order valence-corrected chi connectivity index (χ3v) is 4.08. The maximum absolute atomic E-state index is 11.5. The molecule has 2 aromatic rings. The molecule has 0 radical (unpaired) electrons. The minimum absolute atomic E-state index is 0.207. The van der Waals surface area contributed by atoms with Gasteiger partial charge in [-0.15, -0.1) is 0 Å². The Bertz CT molecular complexity index is 611. The third kappa shape index (κ3) is 4.65. The Balaban J connectivity index is 1.98. The van der Waals surface area contributed by atoms with E-state index in [9.17, 15) is 9.90 Å². The number of nitrogens with one attached hydrogen (secondary N) is 2. The quantitative estimate of drug-likeness (QED) is 0.733. The summed E-state index contributed by atoms with van der Waals surface area (Å²) in [6.07, 6.45) is 0. The van der Waals surface area contributed by atoms with E-state index >= 15 is 0 Å². The summed E-state index contributed by atoms with van der Waals surface area (Å²) in [5, 5.41) is 14.8. The summed E-state index contributed by atoms with van der Waals surface area (Å²) in [6.45, 7) is 2.51. The zero-order chi connectivity index (χ0) is 16.7. The summed E-state index contributed by atoms with van der Waals surface area (Å²) in [7, 11) is 1.56. The number of aliphatic hydroxyl groups is 1. The zero-order valence-electron chi connectivity index (χ0n) is 13.6. The second kappa shape index (κ2) is 8.46. The van der Waals surface area contributed by atoms with Crippen molar-refractivity contribution < 1.29 is 9.90 Å². The molecule has 4 heteroatoms. The van der Waals surface area contributed by atoms with Crippen LogP contribution in [0.3, 0.4) is 0 Å². The molecule has 2 unspecified atom stereocenters. The first-order valence-corrected chi connectivity index (χ1v) is 7.85. The largest absolute Gasteiger partial charge is 0.394 e. The normalized spacial score (nSPS) is 13.3. The summed E-state index contributed by atoms with van der Waals surface area (Å²) in [6, 6.07) is 18.2. The van der Waals surface area contributed by atoms with Gasteiger partial charge in [0, 0.05) is 19.5 Å². The Morgan fingerprint density at radius 2 is 1.65 bits per heavy atom. The highest BCUT2D eigenvalue weighted by Gasteiger charge is 2.15. The molecule has 4 nitrogen and oxygen atoms in total. The van der Waals surface area contributed by atoms with Crippen molar-refractivity contribution in [3.63, 3.8) is 0 Å². The van der Waals surface area contributed by atoms with Gasteiger partial charge in [0.2, 0.25) is 5.91 Å². The van der Waals surface area contributed by atoms with E-state index in [2.05, 4.69) is 66.1 Å². The van der Waals surface area contributed by atoms with Gasteiger partial charge in [0.15, 0.2) is 0 Å². The van der Waals surface area contributed by atoms with Crippen LogP contribution in [0.4, 0.5) is 0 Å². The molecule has 1 amide bonds. The molecule has 0 aromatic heterocycles. The van der Waals surface area contributed by atoms with Crippen molar-refractivity contribution in [2.24, 2.45) is 0 Å². The molecule has 0 aliphatic rings. The fraction of sp³-hybridized carbons (Fsp3) is 0.316.